The predicted octanol–water partition coefficient (Wildman–Crippen LogP) is 1.16. The Morgan fingerprint density at radius 1 is 1.12 bits per heavy atom. The Hall–Kier alpha value is -2.36. The van der Waals surface area contributed by atoms with Crippen LogP contribution in [0, 0.1) is 6.92 Å². The number of nitrogens with zero attached hydrogens (tertiary/aromatic N) is 3. The Morgan fingerprint density at radius 3 is 2.46 bits per heavy atom. The van der Waals surface area contributed by atoms with Gasteiger partial charge in [-0.05, 0) is 19.1 Å². The minimum Gasteiger partial charge on any atom is -0.379 e. The average Bonchev–Trinajstić information content (AvgIpc) is 3.15. The Balaban J connectivity index is 1.48. The van der Waals surface area contributed by atoms with Gasteiger partial charge in [0.1, 0.15) is 0 Å². The summed E-state index contributed by atoms with van der Waals surface area (Å²) < 4.78 is 5.29. The molecular weight excluding hydrogens is 354 g/mol. The maximum Gasteiger partial charge on any atom is 0.286 e. The third kappa shape index (κ3) is 5.07. The highest BCUT2D eigenvalue weighted by molar-refractivity contribution is 7.15. The second-order valence-corrected chi connectivity index (χ2v) is 6.92. The maximum atomic E-state index is 12.2. The van der Waals surface area contributed by atoms with Crippen molar-refractivity contribution in [3.05, 3.63) is 39.8 Å². The van der Waals surface area contributed by atoms with E-state index in [2.05, 4.69) is 25.7 Å². The van der Waals surface area contributed by atoms with Crippen LogP contribution in [-0.4, -0.2) is 66.3 Å². The summed E-state index contributed by atoms with van der Waals surface area (Å²) in [5.74, 6) is -0.691. The highest BCUT2D eigenvalue weighted by atomic mass is 32.1. The van der Waals surface area contributed by atoms with Crippen LogP contribution < -0.4 is 10.6 Å². The van der Waals surface area contributed by atoms with E-state index in [9.17, 15) is 9.59 Å². The molecular formula is C17H21N5O3S. The molecule has 2 aromatic rings. The van der Waals surface area contributed by atoms with Crippen LogP contribution in [-0.2, 0) is 4.74 Å². The van der Waals surface area contributed by atoms with Gasteiger partial charge < -0.3 is 15.4 Å². The number of rotatable bonds is 6. The zero-order chi connectivity index (χ0) is 18.4. The highest BCUT2D eigenvalue weighted by Gasteiger charge is 2.18. The summed E-state index contributed by atoms with van der Waals surface area (Å²) in [5, 5.41) is 13.5. The van der Waals surface area contributed by atoms with Crippen LogP contribution in [0.5, 0.6) is 0 Å². The van der Waals surface area contributed by atoms with E-state index >= 15 is 0 Å². The van der Waals surface area contributed by atoms with E-state index in [1.807, 2.05) is 31.2 Å². The van der Waals surface area contributed by atoms with Crippen molar-refractivity contribution in [2.75, 3.05) is 44.7 Å². The number of carbonyl (C=O) groups is 2. The quantitative estimate of drug-likeness (QED) is 0.787. The van der Waals surface area contributed by atoms with Crippen molar-refractivity contribution >= 4 is 28.8 Å². The molecule has 0 atom stereocenters. The summed E-state index contributed by atoms with van der Waals surface area (Å²) in [6.45, 7) is 6.45. The van der Waals surface area contributed by atoms with E-state index < -0.39 is 0 Å². The van der Waals surface area contributed by atoms with Crippen LogP contribution in [0.2, 0.25) is 0 Å². The number of aromatic nitrogens is 2. The number of hydrogen-bond donors (Lipinski definition) is 2. The van der Waals surface area contributed by atoms with E-state index in [1.165, 1.54) is 0 Å². The molecule has 0 aliphatic carbocycles. The van der Waals surface area contributed by atoms with Gasteiger partial charge in [-0.3, -0.25) is 14.5 Å². The zero-order valence-corrected chi connectivity index (χ0v) is 15.3. The van der Waals surface area contributed by atoms with Crippen LogP contribution in [0.1, 0.15) is 25.2 Å². The average molecular weight is 375 g/mol. The van der Waals surface area contributed by atoms with E-state index in [-0.39, 0.29) is 21.8 Å². The van der Waals surface area contributed by atoms with Gasteiger partial charge in [-0.1, -0.05) is 29.0 Å². The van der Waals surface area contributed by atoms with Crippen molar-refractivity contribution in [3.8, 4) is 0 Å². The fraction of sp³-hybridized carbons (Fsp3) is 0.412. The summed E-state index contributed by atoms with van der Waals surface area (Å²) in [5.41, 5.74) is 1.78. The SMILES string of the molecule is Cc1ccc(NC(=O)c2nnc(C(=O)NCCN3CCOCC3)s2)cc1. The molecule has 0 bridgehead atoms. The van der Waals surface area contributed by atoms with Crippen molar-refractivity contribution < 1.29 is 14.3 Å². The van der Waals surface area contributed by atoms with Gasteiger partial charge in [0.15, 0.2) is 0 Å². The smallest absolute Gasteiger partial charge is 0.286 e. The fourth-order valence-corrected chi connectivity index (χ4v) is 3.11. The number of ether oxygens (including phenoxy) is 1. The molecule has 8 nitrogen and oxygen atoms in total. The van der Waals surface area contributed by atoms with Crippen molar-refractivity contribution in [1.82, 2.24) is 20.4 Å². The number of morpholine rings is 1. The number of amides is 2. The van der Waals surface area contributed by atoms with Crippen molar-refractivity contribution in [1.29, 1.82) is 0 Å². The lowest BCUT2D eigenvalue weighted by Crippen LogP contribution is -2.41. The first-order chi connectivity index (χ1) is 12.6. The molecule has 1 fully saturated rings. The number of carbonyl (C=O) groups excluding carboxylic acids is 2. The molecule has 0 unspecified atom stereocenters. The number of anilines is 1. The Bertz CT molecular complexity index is 756. The van der Waals surface area contributed by atoms with Gasteiger partial charge in [-0.25, -0.2) is 0 Å². The zero-order valence-electron chi connectivity index (χ0n) is 14.5. The van der Waals surface area contributed by atoms with Gasteiger partial charge in [0.05, 0.1) is 13.2 Å². The molecule has 1 saturated heterocycles. The number of hydrogen-bond acceptors (Lipinski definition) is 7. The molecule has 2 heterocycles. The Morgan fingerprint density at radius 2 is 1.77 bits per heavy atom. The summed E-state index contributed by atoms with van der Waals surface area (Å²) in [7, 11) is 0. The molecule has 2 amide bonds. The van der Waals surface area contributed by atoms with Gasteiger partial charge in [0.25, 0.3) is 11.8 Å². The summed E-state index contributed by atoms with van der Waals surface area (Å²) in [6.07, 6.45) is 0. The third-order valence-corrected chi connectivity index (χ3v) is 4.86. The van der Waals surface area contributed by atoms with E-state index in [0.717, 1.165) is 49.7 Å². The number of nitrogens with one attached hydrogen (secondary N) is 2. The molecule has 1 aliphatic rings. The first kappa shape index (κ1) is 18.4. The molecule has 138 valence electrons. The number of aryl methyl sites for hydroxylation is 1. The molecule has 9 heteroatoms. The molecule has 26 heavy (non-hydrogen) atoms. The van der Waals surface area contributed by atoms with Gasteiger partial charge in [0, 0.05) is 31.9 Å². The minimum atomic E-state index is -0.376. The number of benzene rings is 1. The van der Waals surface area contributed by atoms with Crippen LogP contribution in [0.4, 0.5) is 5.69 Å². The molecule has 1 aromatic heterocycles. The normalized spacial score (nSPS) is 14.8. The Kier molecular flexibility index (Phi) is 6.26. The third-order valence-electron chi connectivity index (χ3n) is 3.94. The van der Waals surface area contributed by atoms with Crippen LogP contribution in [0.15, 0.2) is 24.3 Å². The van der Waals surface area contributed by atoms with Crippen LogP contribution in [0.3, 0.4) is 0 Å². The lowest BCUT2D eigenvalue weighted by atomic mass is 10.2. The van der Waals surface area contributed by atoms with Gasteiger partial charge in [-0.2, -0.15) is 0 Å². The van der Waals surface area contributed by atoms with Gasteiger partial charge in [0.2, 0.25) is 10.0 Å². The van der Waals surface area contributed by atoms with E-state index in [0.29, 0.717) is 12.2 Å². The molecule has 3 rings (SSSR count). The van der Waals surface area contributed by atoms with E-state index in [1.54, 1.807) is 0 Å². The maximum absolute atomic E-state index is 12.2. The minimum absolute atomic E-state index is 0.156. The first-order valence-corrected chi connectivity index (χ1v) is 9.23. The molecule has 1 aliphatic heterocycles. The summed E-state index contributed by atoms with van der Waals surface area (Å²) >= 11 is 0.978. The second-order valence-electron chi connectivity index (χ2n) is 5.94. The largest absolute Gasteiger partial charge is 0.379 e. The van der Waals surface area contributed by atoms with Gasteiger partial charge >= 0.3 is 0 Å². The molecule has 0 radical (unpaired) electrons. The first-order valence-electron chi connectivity index (χ1n) is 8.41. The van der Waals surface area contributed by atoms with E-state index in [4.69, 9.17) is 4.74 Å². The van der Waals surface area contributed by atoms with Crippen LogP contribution >= 0.6 is 11.3 Å². The highest BCUT2D eigenvalue weighted by Crippen LogP contribution is 2.14. The van der Waals surface area contributed by atoms with Crippen LogP contribution in [0.25, 0.3) is 0 Å². The monoisotopic (exact) mass is 375 g/mol. The summed E-state index contributed by atoms with van der Waals surface area (Å²) in [6, 6.07) is 7.44. The Labute approximate surface area is 155 Å². The molecule has 2 N–H and O–H groups in total. The molecule has 1 aromatic carbocycles. The standard InChI is InChI=1S/C17H21N5O3S/c1-12-2-4-13(5-3-12)19-15(24)17-21-20-16(26-17)14(23)18-6-7-22-8-10-25-11-9-22/h2-5H,6-11H2,1H3,(H,18,23)(H,19,24). The van der Waals surface area contributed by atoms with Gasteiger partial charge in [-0.15, -0.1) is 10.2 Å². The lowest BCUT2D eigenvalue weighted by molar-refractivity contribution is 0.0383. The predicted molar refractivity (Wildman–Crippen MR) is 98.6 cm³/mol. The molecule has 0 saturated carbocycles. The summed E-state index contributed by atoms with van der Waals surface area (Å²) in [4.78, 5) is 26.6. The topological polar surface area (TPSA) is 96.5 Å². The second kappa shape index (κ2) is 8.84. The van der Waals surface area contributed by atoms with Crippen molar-refractivity contribution in [2.24, 2.45) is 0 Å². The molecule has 0 spiro atoms. The lowest BCUT2D eigenvalue weighted by Gasteiger charge is -2.26. The van der Waals surface area contributed by atoms with Crippen molar-refractivity contribution in [3.63, 3.8) is 0 Å². The fourth-order valence-electron chi connectivity index (χ4n) is 2.46. The van der Waals surface area contributed by atoms with Crippen molar-refractivity contribution in [2.45, 2.75) is 6.92 Å².